The Bertz CT molecular complexity index is 647. The highest BCUT2D eigenvalue weighted by molar-refractivity contribution is 5.83. The summed E-state index contributed by atoms with van der Waals surface area (Å²) in [5, 5.41) is 1.25. The first-order valence-corrected chi connectivity index (χ1v) is 7.99. The van der Waals surface area contributed by atoms with Gasteiger partial charge in [-0.05, 0) is 74.5 Å². The van der Waals surface area contributed by atoms with Crippen molar-refractivity contribution in [3.8, 4) is 5.75 Å². The fraction of sp³-hybridized carbons (Fsp3) is 0.500. The summed E-state index contributed by atoms with van der Waals surface area (Å²) in [6.07, 6.45) is 7.26. The molecule has 21 heavy (non-hydrogen) atoms. The average molecular weight is 282 g/mol. The molecule has 1 aromatic heterocycles. The molecule has 2 bridgehead atoms. The average Bonchev–Trinajstić information content (AvgIpc) is 2.56. The van der Waals surface area contributed by atoms with Crippen molar-refractivity contribution in [3.05, 3.63) is 36.0 Å². The van der Waals surface area contributed by atoms with Gasteiger partial charge in [0.1, 0.15) is 5.75 Å². The van der Waals surface area contributed by atoms with Crippen molar-refractivity contribution in [1.82, 2.24) is 9.88 Å². The van der Waals surface area contributed by atoms with E-state index in [9.17, 15) is 0 Å². The van der Waals surface area contributed by atoms with Crippen LogP contribution in [0.1, 0.15) is 24.8 Å². The van der Waals surface area contributed by atoms with Crippen molar-refractivity contribution in [1.29, 1.82) is 0 Å². The first-order valence-electron chi connectivity index (χ1n) is 7.99. The predicted molar refractivity (Wildman–Crippen MR) is 84.7 cm³/mol. The molecule has 3 nitrogen and oxygen atoms in total. The minimum Gasteiger partial charge on any atom is -0.497 e. The maximum absolute atomic E-state index is 5.38. The molecule has 3 aliphatic rings. The van der Waals surface area contributed by atoms with Crippen LogP contribution < -0.4 is 4.74 Å². The summed E-state index contributed by atoms with van der Waals surface area (Å²) < 4.78 is 5.38. The number of methoxy groups -OCH3 is 1. The second kappa shape index (κ2) is 5.30. The third kappa shape index (κ3) is 2.40. The lowest BCUT2D eigenvalue weighted by Gasteiger charge is -2.45. The van der Waals surface area contributed by atoms with Crippen LogP contribution in [-0.2, 0) is 6.42 Å². The third-order valence-corrected chi connectivity index (χ3v) is 5.27. The minimum absolute atomic E-state index is 0.717. The number of fused-ring (bicyclic) bond motifs is 4. The van der Waals surface area contributed by atoms with Crippen molar-refractivity contribution in [3.63, 3.8) is 0 Å². The molecular weight excluding hydrogens is 260 g/mol. The monoisotopic (exact) mass is 282 g/mol. The van der Waals surface area contributed by atoms with Gasteiger partial charge in [0, 0.05) is 17.6 Å². The summed E-state index contributed by atoms with van der Waals surface area (Å²) in [6.45, 7) is 2.59. The Morgan fingerprint density at radius 3 is 2.81 bits per heavy atom. The second-order valence-electron chi connectivity index (χ2n) is 6.43. The molecule has 4 heterocycles. The predicted octanol–water partition coefficient (Wildman–Crippen LogP) is 3.27. The molecular formula is C18H22N2O. The van der Waals surface area contributed by atoms with E-state index in [1.165, 1.54) is 43.3 Å². The summed E-state index contributed by atoms with van der Waals surface area (Å²) in [7, 11) is 1.73. The number of nitrogens with zero attached hydrogens (tertiary/aromatic N) is 2. The molecule has 3 fully saturated rings. The van der Waals surface area contributed by atoms with Gasteiger partial charge < -0.3 is 9.64 Å². The standard InChI is InChI=1S/C18H22N2O/c1-21-16-2-3-18-17(12-16)14(4-7-19-18)11-15-10-13-5-8-20(15)9-6-13/h2-4,7,12-13,15H,5-6,8-11H2,1H3. The number of aromatic nitrogens is 1. The summed E-state index contributed by atoms with van der Waals surface area (Å²) in [5.74, 6) is 1.88. The van der Waals surface area contributed by atoms with Gasteiger partial charge in [0.05, 0.1) is 12.6 Å². The van der Waals surface area contributed by atoms with E-state index in [0.717, 1.165) is 23.6 Å². The maximum Gasteiger partial charge on any atom is 0.119 e. The van der Waals surface area contributed by atoms with E-state index >= 15 is 0 Å². The number of pyridine rings is 1. The van der Waals surface area contributed by atoms with E-state index in [4.69, 9.17) is 4.74 Å². The topological polar surface area (TPSA) is 25.4 Å². The molecule has 0 radical (unpaired) electrons. The van der Waals surface area contributed by atoms with Gasteiger partial charge in [0.2, 0.25) is 0 Å². The Morgan fingerprint density at radius 1 is 1.24 bits per heavy atom. The van der Waals surface area contributed by atoms with E-state index in [0.29, 0.717) is 6.04 Å². The van der Waals surface area contributed by atoms with Crippen LogP contribution in [0.2, 0.25) is 0 Å². The normalized spacial score (nSPS) is 28.0. The number of hydrogen-bond donors (Lipinski definition) is 0. The van der Waals surface area contributed by atoms with Gasteiger partial charge in [-0.15, -0.1) is 0 Å². The molecule has 3 saturated heterocycles. The van der Waals surface area contributed by atoms with Crippen LogP contribution in [0.15, 0.2) is 30.5 Å². The molecule has 1 unspecified atom stereocenters. The summed E-state index contributed by atoms with van der Waals surface area (Å²) in [5.41, 5.74) is 2.49. The largest absolute Gasteiger partial charge is 0.497 e. The number of benzene rings is 1. The van der Waals surface area contributed by atoms with Gasteiger partial charge in [0.25, 0.3) is 0 Å². The van der Waals surface area contributed by atoms with Gasteiger partial charge in [-0.2, -0.15) is 0 Å². The fourth-order valence-corrected chi connectivity index (χ4v) is 4.04. The van der Waals surface area contributed by atoms with E-state index in [2.05, 4.69) is 28.1 Å². The number of ether oxygens (including phenoxy) is 1. The molecule has 3 heteroatoms. The van der Waals surface area contributed by atoms with E-state index in [1.54, 1.807) is 7.11 Å². The Kier molecular flexibility index (Phi) is 3.30. The highest BCUT2D eigenvalue weighted by atomic mass is 16.5. The molecule has 1 atom stereocenters. The molecule has 5 rings (SSSR count). The van der Waals surface area contributed by atoms with Crippen molar-refractivity contribution in [2.75, 3.05) is 20.2 Å². The van der Waals surface area contributed by atoms with E-state index < -0.39 is 0 Å². The van der Waals surface area contributed by atoms with Gasteiger partial charge in [-0.25, -0.2) is 0 Å². The molecule has 0 spiro atoms. The molecule has 0 amide bonds. The van der Waals surface area contributed by atoms with E-state index in [1.807, 2.05) is 12.3 Å². The lowest BCUT2D eigenvalue weighted by atomic mass is 9.81. The molecule has 1 aromatic carbocycles. The molecule has 0 aliphatic carbocycles. The molecule has 3 aliphatic heterocycles. The smallest absolute Gasteiger partial charge is 0.119 e. The van der Waals surface area contributed by atoms with Crippen LogP contribution in [0.5, 0.6) is 5.75 Å². The number of rotatable bonds is 3. The quantitative estimate of drug-likeness (QED) is 0.864. The third-order valence-electron chi connectivity index (χ3n) is 5.27. The molecule has 0 N–H and O–H groups in total. The minimum atomic E-state index is 0.717. The summed E-state index contributed by atoms with van der Waals surface area (Å²) >= 11 is 0. The van der Waals surface area contributed by atoms with Crippen molar-refractivity contribution < 1.29 is 4.74 Å². The van der Waals surface area contributed by atoms with Gasteiger partial charge in [-0.3, -0.25) is 4.98 Å². The zero-order valence-electron chi connectivity index (χ0n) is 12.6. The van der Waals surface area contributed by atoms with Crippen molar-refractivity contribution >= 4 is 10.9 Å². The van der Waals surface area contributed by atoms with Crippen LogP contribution in [0.25, 0.3) is 10.9 Å². The van der Waals surface area contributed by atoms with E-state index in [-0.39, 0.29) is 0 Å². The lowest BCUT2D eigenvalue weighted by Crippen LogP contribution is -2.49. The Labute approximate surface area is 125 Å². The maximum atomic E-state index is 5.38. The molecule has 110 valence electrons. The first-order chi connectivity index (χ1) is 10.3. The van der Waals surface area contributed by atoms with Crippen LogP contribution in [0.3, 0.4) is 0 Å². The molecule has 0 saturated carbocycles. The van der Waals surface area contributed by atoms with Crippen LogP contribution in [0, 0.1) is 5.92 Å². The fourth-order valence-electron chi connectivity index (χ4n) is 4.04. The van der Waals surface area contributed by atoms with Gasteiger partial charge in [0.15, 0.2) is 0 Å². The van der Waals surface area contributed by atoms with Crippen LogP contribution in [0.4, 0.5) is 0 Å². The van der Waals surface area contributed by atoms with Crippen LogP contribution in [-0.4, -0.2) is 36.1 Å². The van der Waals surface area contributed by atoms with Gasteiger partial charge >= 0.3 is 0 Å². The second-order valence-corrected chi connectivity index (χ2v) is 6.43. The highest BCUT2D eigenvalue weighted by Gasteiger charge is 2.33. The summed E-state index contributed by atoms with van der Waals surface area (Å²) in [6, 6.07) is 9.09. The Morgan fingerprint density at radius 2 is 2.10 bits per heavy atom. The van der Waals surface area contributed by atoms with Crippen LogP contribution >= 0.6 is 0 Å². The zero-order valence-corrected chi connectivity index (χ0v) is 12.6. The highest BCUT2D eigenvalue weighted by Crippen LogP contribution is 2.34. The number of hydrogen-bond acceptors (Lipinski definition) is 3. The molecule has 2 aromatic rings. The van der Waals surface area contributed by atoms with Crippen molar-refractivity contribution in [2.45, 2.75) is 31.7 Å². The summed E-state index contributed by atoms with van der Waals surface area (Å²) in [4.78, 5) is 7.18. The van der Waals surface area contributed by atoms with Crippen molar-refractivity contribution in [2.24, 2.45) is 5.92 Å². The SMILES string of the molecule is COc1ccc2nccc(CC3CC4CCN3CC4)c2c1. The zero-order chi connectivity index (χ0) is 14.2. The Balaban J connectivity index is 1.66. The van der Waals surface area contributed by atoms with Gasteiger partial charge in [-0.1, -0.05) is 0 Å². The number of piperidine rings is 3. The lowest BCUT2D eigenvalue weighted by molar-refractivity contribution is 0.0500. The first kappa shape index (κ1) is 13.1. The Hall–Kier alpha value is -1.61.